The highest BCUT2D eigenvalue weighted by Crippen LogP contribution is 2.25. The van der Waals surface area contributed by atoms with E-state index in [1.54, 1.807) is 18.2 Å². The van der Waals surface area contributed by atoms with Crippen LogP contribution >= 0.6 is 33.9 Å². The monoisotopic (exact) mass is 586 g/mol. The quantitative estimate of drug-likeness (QED) is 0.295. The summed E-state index contributed by atoms with van der Waals surface area (Å²) in [5, 5.41) is 5.69. The first kappa shape index (κ1) is 24.1. The van der Waals surface area contributed by atoms with Crippen LogP contribution in [0.3, 0.4) is 0 Å². The predicted octanol–water partition coefficient (Wildman–Crippen LogP) is 5.43. The minimum absolute atomic E-state index is 0.0249. The minimum atomic E-state index is -0.545. The van der Waals surface area contributed by atoms with Crippen molar-refractivity contribution in [2.45, 2.75) is 33.6 Å². The first-order valence-electron chi connectivity index (χ1n) is 10.8. The molecule has 0 spiro atoms. The van der Waals surface area contributed by atoms with E-state index in [1.165, 1.54) is 10.5 Å². The number of carbonyl (C=O) groups is 2. The van der Waals surface area contributed by atoms with Gasteiger partial charge in [0.25, 0.3) is 17.4 Å². The summed E-state index contributed by atoms with van der Waals surface area (Å²) >= 11 is 3.23. The molecule has 2 aromatic carbocycles. The van der Waals surface area contributed by atoms with E-state index in [1.807, 2.05) is 45.0 Å². The van der Waals surface area contributed by atoms with Gasteiger partial charge in [0.15, 0.2) is 4.96 Å². The highest BCUT2D eigenvalue weighted by Gasteiger charge is 2.27. The molecule has 174 valence electrons. The zero-order valence-corrected chi connectivity index (χ0v) is 21.9. The van der Waals surface area contributed by atoms with Crippen LogP contribution in [0.15, 0.2) is 53.3 Å². The molecule has 0 bridgehead atoms. The number of rotatable bonds is 6. The van der Waals surface area contributed by atoms with Crippen molar-refractivity contribution in [2.24, 2.45) is 0 Å². The molecule has 34 heavy (non-hydrogen) atoms. The number of halogens is 1. The highest BCUT2D eigenvalue weighted by molar-refractivity contribution is 14.1. The number of carbonyl (C=O) groups excluding carboxylic acids is 2. The fourth-order valence-corrected chi connectivity index (χ4v) is 5.23. The summed E-state index contributed by atoms with van der Waals surface area (Å²) in [6.07, 6.45) is 1.46. The largest absolute Gasteiger partial charge is 0.321 e. The van der Waals surface area contributed by atoms with Gasteiger partial charge in [0.05, 0.1) is 0 Å². The van der Waals surface area contributed by atoms with Crippen LogP contribution in [-0.4, -0.2) is 21.2 Å². The van der Waals surface area contributed by atoms with Gasteiger partial charge in [-0.2, -0.15) is 0 Å². The number of benzene rings is 2. The molecule has 2 amide bonds. The average Bonchev–Trinajstić information content (AvgIpc) is 3.18. The third-order valence-corrected chi connectivity index (χ3v) is 6.96. The number of aromatic nitrogens is 2. The van der Waals surface area contributed by atoms with Gasteiger partial charge in [-0.05, 0) is 78.8 Å². The molecule has 0 unspecified atom stereocenters. The molecule has 0 aliphatic carbocycles. The number of anilines is 2. The predicted molar refractivity (Wildman–Crippen MR) is 144 cm³/mol. The molecular formula is C25H23IN4O3S. The van der Waals surface area contributed by atoms with Crippen LogP contribution in [0.4, 0.5) is 11.4 Å². The second kappa shape index (κ2) is 10.1. The van der Waals surface area contributed by atoms with Crippen molar-refractivity contribution < 1.29 is 9.59 Å². The molecule has 0 fully saturated rings. The van der Waals surface area contributed by atoms with Crippen LogP contribution in [0.5, 0.6) is 0 Å². The van der Waals surface area contributed by atoms with E-state index in [9.17, 15) is 14.4 Å². The Morgan fingerprint density at radius 1 is 1.03 bits per heavy atom. The number of aryl methyl sites for hydroxylation is 3. The standard InChI is InChI=1S/C25H23IN4O3S/c1-4-5-18-13-20(31)30-21(23(32)29-19-11-8-16(26)12-15(19)3)22(34-25(30)28-18)24(33)27-17-9-6-14(2)7-10-17/h6-13H,4-5H2,1-3H3,(H,27,33)(H,29,32). The smallest absolute Gasteiger partial charge is 0.274 e. The molecule has 2 aromatic heterocycles. The summed E-state index contributed by atoms with van der Waals surface area (Å²) in [5.41, 5.74) is 3.37. The third-order valence-electron chi connectivity index (χ3n) is 5.25. The Bertz CT molecular complexity index is 1460. The molecule has 2 heterocycles. The van der Waals surface area contributed by atoms with Crippen molar-refractivity contribution in [3.05, 3.63) is 89.8 Å². The second-order valence-corrected chi connectivity index (χ2v) is 10.2. The Morgan fingerprint density at radius 3 is 2.44 bits per heavy atom. The normalized spacial score (nSPS) is 10.9. The van der Waals surface area contributed by atoms with Gasteiger partial charge in [-0.25, -0.2) is 9.38 Å². The maximum absolute atomic E-state index is 13.4. The van der Waals surface area contributed by atoms with E-state index < -0.39 is 11.8 Å². The maximum Gasteiger partial charge on any atom is 0.274 e. The molecule has 0 saturated heterocycles. The summed E-state index contributed by atoms with van der Waals surface area (Å²) in [4.78, 5) is 44.7. The molecule has 0 saturated carbocycles. The highest BCUT2D eigenvalue weighted by atomic mass is 127. The van der Waals surface area contributed by atoms with Gasteiger partial charge >= 0.3 is 0 Å². The topological polar surface area (TPSA) is 92.6 Å². The number of fused-ring (bicyclic) bond motifs is 1. The molecule has 4 rings (SSSR count). The molecule has 7 nitrogen and oxygen atoms in total. The fraction of sp³-hybridized carbons (Fsp3) is 0.200. The van der Waals surface area contributed by atoms with Crippen LogP contribution < -0.4 is 16.2 Å². The van der Waals surface area contributed by atoms with E-state index >= 15 is 0 Å². The summed E-state index contributed by atoms with van der Waals surface area (Å²) < 4.78 is 2.27. The van der Waals surface area contributed by atoms with E-state index in [-0.39, 0.29) is 16.1 Å². The van der Waals surface area contributed by atoms with Gasteiger partial charge in [-0.1, -0.05) is 42.4 Å². The van der Waals surface area contributed by atoms with Crippen molar-refractivity contribution in [1.29, 1.82) is 0 Å². The summed E-state index contributed by atoms with van der Waals surface area (Å²) in [7, 11) is 0. The first-order valence-corrected chi connectivity index (χ1v) is 12.7. The number of nitrogens with one attached hydrogen (secondary N) is 2. The lowest BCUT2D eigenvalue weighted by Gasteiger charge is -2.10. The van der Waals surface area contributed by atoms with E-state index in [4.69, 9.17) is 0 Å². The molecule has 0 aliphatic heterocycles. The second-order valence-electron chi connectivity index (χ2n) is 7.97. The zero-order chi connectivity index (χ0) is 24.4. The maximum atomic E-state index is 13.4. The fourth-order valence-electron chi connectivity index (χ4n) is 3.54. The lowest BCUT2D eigenvalue weighted by atomic mass is 10.2. The molecule has 2 N–H and O–H groups in total. The average molecular weight is 586 g/mol. The zero-order valence-electron chi connectivity index (χ0n) is 18.9. The number of hydrogen-bond acceptors (Lipinski definition) is 5. The van der Waals surface area contributed by atoms with Crippen molar-refractivity contribution in [3.8, 4) is 0 Å². The van der Waals surface area contributed by atoms with Gasteiger partial charge in [0.1, 0.15) is 10.6 Å². The molecule has 0 aliphatic rings. The van der Waals surface area contributed by atoms with Gasteiger partial charge in [-0.3, -0.25) is 14.4 Å². The Kier molecular flexibility index (Phi) is 7.13. The number of thiazole rings is 1. The summed E-state index contributed by atoms with van der Waals surface area (Å²) in [6, 6.07) is 14.4. The third kappa shape index (κ3) is 5.05. The van der Waals surface area contributed by atoms with Crippen LogP contribution in [-0.2, 0) is 6.42 Å². The number of amides is 2. The molecule has 4 aromatic rings. The van der Waals surface area contributed by atoms with Crippen LogP contribution in [0.25, 0.3) is 4.96 Å². The summed E-state index contributed by atoms with van der Waals surface area (Å²) in [6.45, 7) is 5.85. The Hall–Kier alpha value is -3.05. The lowest BCUT2D eigenvalue weighted by molar-refractivity contribution is 0.0989. The van der Waals surface area contributed by atoms with E-state index in [0.29, 0.717) is 28.5 Å². The van der Waals surface area contributed by atoms with Crippen molar-refractivity contribution in [1.82, 2.24) is 9.38 Å². The number of nitrogens with zero attached hydrogens (tertiary/aromatic N) is 2. The van der Waals surface area contributed by atoms with Gasteiger partial charge in [-0.15, -0.1) is 0 Å². The van der Waals surface area contributed by atoms with Crippen LogP contribution in [0.2, 0.25) is 0 Å². The molecule has 9 heteroatoms. The van der Waals surface area contributed by atoms with Gasteiger partial charge in [0, 0.05) is 26.7 Å². The lowest BCUT2D eigenvalue weighted by Crippen LogP contribution is -2.25. The molecule has 0 atom stereocenters. The number of hydrogen-bond donors (Lipinski definition) is 2. The van der Waals surface area contributed by atoms with Crippen molar-refractivity contribution in [2.75, 3.05) is 10.6 Å². The first-order chi connectivity index (χ1) is 16.3. The van der Waals surface area contributed by atoms with Crippen LogP contribution in [0.1, 0.15) is 50.3 Å². The molecular weight excluding hydrogens is 563 g/mol. The Morgan fingerprint density at radius 2 is 1.76 bits per heavy atom. The van der Waals surface area contributed by atoms with Gasteiger partial charge in [0.2, 0.25) is 0 Å². The van der Waals surface area contributed by atoms with E-state index in [2.05, 4.69) is 38.2 Å². The SMILES string of the molecule is CCCc1cc(=O)n2c(C(=O)Nc3ccc(I)cc3C)c(C(=O)Nc3ccc(C)cc3)sc2n1. The molecule has 0 radical (unpaired) electrons. The van der Waals surface area contributed by atoms with Crippen molar-refractivity contribution >= 4 is 62.1 Å². The van der Waals surface area contributed by atoms with Gasteiger partial charge < -0.3 is 10.6 Å². The minimum Gasteiger partial charge on any atom is -0.321 e. The Labute approximate surface area is 214 Å². The summed E-state index contributed by atoms with van der Waals surface area (Å²) in [5.74, 6) is -1.02. The van der Waals surface area contributed by atoms with E-state index in [0.717, 1.165) is 32.5 Å². The van der Waals surface area contributed by atoms with Crippen molar-refractivity contribution in [3.63, 3.8) is 0 Å². The Balaban J connectivity index is 1.81. The van der Waals surface area contributed by atoms with Crippen LogP contribution in [0, 0.1) is 17.4 Å².